The van der Waals surface area contributed by atoms with Crippen molar-refractivity contribution in [1.29, 1.82) is 0 Å². The molecule has 0 aliphatic carbocycles. The molecule has 0 atom stereocenters. The zero-order valence-electron chi connectivity index (χ0n) is 9.76. The van der Waals surface area contributed by atoms with Gasteiger partial charge in [0.1, 0.15) is 11.6 Å². The molecule has 3 N–H and O–H groups in total. The minimum absolute atomic E-state index is 0.0809. The van der Waals surface area contributed by atoms with Crippen LogP contribution in [0.2, 0.25) is 0 Å². The van der Waals surface area contributed by atoms with E-state index in [1.165, 1.54) is 11.8 Å². The van der Waals surface area contributed by atoms with E-state index in [9.17, 15) is 14.4 Å². The minimum atomic E-state index is -0.661. The highest BCUT2D eigenvalue weighted by Crippen LogP contribution is 2.12. The quantitative estimate of drug-likeness (QED) is 0.740. The molecule has 2 aromatic heterocycles. The van der Waals surface area contributed by atoms with E-state index in [1.54, 1.807) is 12.3 Å². The van der Waals surface area contributed by atoms with Crippen LogP contribution in [0.4, 0.5) is 5.82 Å². The van der Waals surface area contributed by atoms with Crippen LogP contribution < -0.4 is 16.6 Å². The lowest BCUT2D eigenvalue weighted by atomic mass is 10.5. The largest absolute Gasteiger partial charge is 0.468 e. The van der Waals surface area contributed by atoms with Gasteiger partial charge in [-0.25, -0.2) is 4.79 Å². The summed E-state index contributed by atoms with van der Waals surface area (Å²) >= 11 is 1.36. The predicted octanol–water partition coefficient (Wildman–Crippen LogP) is 0.528. The molecule has 1 amide bonds. The third-order valence-corrected chi connectivity index (χ3v) is 3.05. The molecule has 8 heteroatoms. The number of carbonyl (C=O) groups excluding carboxylic acids is 1. The summed E-state index contributed by atoms with van der Waals surface area (Å²) in [7, 11) is 0. The topological polar surface area (TPSA) is 108 Å². The highest BCUT2D eigenvalue weighted by molar-refractivity contribution is 7.99. The lowest BCUT2D eigenvalue weighted by Crippen LogP contribution is -2.25. The van der Waals surface area contributed by atoms with E-state index in [0.717, 1.165) is 11.8 Å². The second-order valence-corrected chi connectivity index (χ2v) is 4.61. The third kappa shape index (κ3) is 4.18. The Morgan fingerprint density at radius 2 is 2.21 bits per heavy atom. The molecule has 2 aromatic rings. The van der Waals surface area contributed by atoms with Crippen molar-refractivity contribution in [2.75, 3.05) is 11.1 Å². The van der Waals surface area contributed by atoms with E-state index in [1.807, 2.05) is 11.1 Å². The van der Waals surface area contributed by atoms with Gasteiger partial charge in [0.25, 0.3) is 5.56 Å². The van der Waals surface area contributed by atoms with Crippen LogP contribution >= 0.6 is 11.8 Å². The summed E-state index contributed by atoms with van der Waals surface area (Å²) in [6.45, 7) is 0. The standard InChI is InChI=1S/C11H11N3O4S/c15-9-4-8(13-11(17)14-9)12-10(16)6-19-5-7-2-1-3-18-7/h1-4H,5-6H2,(H3,12,13,14,15,16,17). The van der Waals surface area contributed by atoms with Crippen molar-refractivity contribution >= 4 is 23.5 Å². The van der Waals surface area contributed by atoms with Gasteiger partial charge in [-0.15, -0.1) is 11.8 Å². The summed E-state index contributed by atoms with van der Waals surface area (Å²) in [5, 5.41) is 2.44. The van der Waals surface area contributed by atoms with Crippen LogP contribution in [-0.2, 0) is 10.5 Å². The molecule has 0 radical (unpaired) electrons. The molecule has 0 aliphatic rings. The first-order valence-corrected chi connectivity index (χ1v) is 6.52. The van der Waals surface area contributed by atoms with Crippen molar-refractivity contribution in [3.05, 3.63) is 51.1 Å². The summed E-state index contributed by atoms with van der Waals surface area (Å²) in [4.78, 5) is 37.9. The summed E-state index contributed by atoms with van der Waals surface area (Å²) in [5.41, 5.74) is -1.23. The van der Waals surface area contributed by atoms with Crippen molar-refractivity contribution < 1.29 is 9.21 Å². The fourth-order valence-electron chi connectivity index (χ4n) is 1.36. The molecule has 2 heterocycles. The number of furan rings is 1. The Labute approximate surface area is 111 Å². The molecule has 0 bridgehead atoms. The second kappa shape index (κ2) is 6.10. The van der Waals surface area contributed by atoms with Gasteiger partial charge in [0, 0.05) is 6.07 Å². The lowest BCUT2D eigenvalue weighted by Gasteiger charge is -2.03. The summed E-state index contributed by atoms with van der Waals surface area (Å²) in [6, 6.07) is 4.70. The van der Waals surface area contributed by atoms with Gasteiger partial charge in [0.05, 0.1) is 17.8 Å². The highest BCUT2D eigenvalue weighted by atomic mass is 32.2. The molecule has 19 heavy (non-hydrogen) atoms. The Morgan fingerprint density at radius 1 is 1.37 bits per heavy atom. The number of aromatic nitrogens is 2. The normalized spacial score (nSPS) is 10.3. The van der Waals surface area contributed by atoms with Crippen LogP contribution in [0.25, 0.3) is 0 Å². The van der Waals surface area contributed by atoms with Crippen LogP contribution in [0.3, 0.4) is 0 Å². The van der Waals surface area contributed by atoms with Gasteiger partial charge >= 0.3 is 5.69 Å². The van der Waals surface area contributed by atoms with Gasteiger partial charge in [-0.1, -0.05) is 0 Å². The molecule has 0 unspecified atom stereocenters. The fourth-order valence-corrected chi connectivity index (χ4v) is 2.09. The molecule has 0 saturated carbocycles. The van der Waals surface area contributed by atoms with Gasteiger partial charge in [0.2, 0.25) is 5.91 Å². The van der Waals surface area contributed by atoms with Crippen LogP contribution in [0.1, 0.15) is 5.76 Å². The van der Waals surface area contributed by atoms with Gasteiger partial charge in [-0.2, -0.15) is 0 Å². The number of thioether (sulfide) groups is 1. The maximum absolute atomic E-state index is 11.6. The van der Waals surface area contributed by atoms with Crippen molar-refractivity contribution in [1.82, 2.24) is 9.97 Å². The number of rotatable bonds is 5. The average Bonchev–Trinajstić information content (AvgIpc) is 2.80. The summed E-state index contributed by atoms with van der Waals surface area (Å²) in [6.07, 6.45) is 1.57. The van der Waals surface area contributed by atoms with Crippen molar-refractivity contribution in [2.24, 2.45) is 0 Å². The van der Waals surface area contributed by atoms with E-state index in [0.29, 0.717) is 5.75 Å². The van der Waals surface area contributed by atoms with E-state index in [2.05, 4.69) is 10.3 Å². The molecule has 2 rings (SSSR count). The van der Waals surface area contributed by atoms with Crippen molar-refractivity contribution in [3.63, 3.8) is 0 Å². The number of amides is 1. The average molecular weight is 281 g/mol. The molecule has 7 nitrogen and oxygen atoms in total. The molecule has 0 saturated heterocycles. The van der Waals surface area contributed by atoms with Crippen LogP contribution in [0, 0.1) is 0 Å². The molecule has 100 valence electrons. The zero-order chi connectivity index (χ0) is 13.7. The lowest BCUT2D eigenvalue weighted by molar-refractivity contribution is -0.113. The third-order valence-electron chi connectivity index (χ3n) is 2.09. The van der Waals surface area contributed by atoms with Gasteiger partial charge in [0.15, 0.2) is 0 Å². The van der Waals surface area contributed by atoms with E-state index in [-0.39, 0.29) is 17.5 Å². The number of H-pyrrole nitrogens is 2. The Kier molecular flexibility index (Phi) is 4.24. The molecular weight excluding hydrogens is 270 g/mol. The van der Waals surface area contributed by atoms with E-state index >= 15 is 0 Å². The Hall–Kier alpha value is -2.22. The number of anilines is 1. The van der Waals surface area contributed by atoms with E-state index < -0.39 is 11.2 Å². The van der Waals surface area contributed by atoms with Gasteiger partial charge in [-0.3, -0.25) is 19.6 Å². The molecule has 0 spiro atoms. The highest BCUT2D eigenvalue weighted by Gasteiger charge is 2.05. The fraction of sp³-hybridized carbons (Fsp3) is 0.182. The Balaban J connectivity index is 1.84. The Morgan fingerprint density at radius 3 is 2.89 bits per heavy atom. The molecule has 0 aliphatic heterocycles. The number of nitrogens with one attached hydrogen (secondary N) is 3. The monoisotopic (exact) mass is 281 g/mol. The number of aromatic amines is 2. The minimum Gasteiger partial charge on any atom is -0.468 e. The van der Waals surface area contributed by atoms with Crippen molar-refractivity contribution in [2.45, 2.75) is 5.75 Å². The number of hydrogen-bond acceptors (Lipinski definition) is 5. The van der Waals surface area contributed by atoms with Crippen molar-refractivity contribution in [3.8, 4) is 0 Å². The summed E-state index contributed by atoms with van der Waals surface area (Å²) in [5.74, 6) is 1.32. The van der Waals surface area contributed by atoms with Gasteiger partial charge in [-0.05, 0) is 12.1 Å². The Bertz CT molecular complexity index is 631. The second-order valence-electron chi connectivity index (χ2n) is 3.62. The molecule has 0 aromatic carbocycles. The van der Waals surface area contributed by atoms with Crippen LogP contribution in [0.15, 0.2) is 38.5 Å². The zero-order valence-corrected chi connectivity index (χ0v) is 10.6. The SMILES string of the molecule is O=C(CSCc1ccco1)Nc1cc(=O)[nH]c(=O)[nH]1. The maximum atomic E-state index is 11.6. The maximum Gasteiger partial charge on any atom is 0.327 e. The predicted molar refractivity (Wildman–Crippen MR) is 71.2 cm³/mol. The summed E-state index contributed by atoms with van der Waals surface area (Å²) < 4.78 is 5.12. The molecular formula is C11H11N3O4S. The first kappa shape index (κ1) is 13.2. The van der Waals surface area contributed by atoms with Crippen LogP contribution in [0.5, 0.6) is 0 Å². The molecule has 0 fully saturated rings. The first-order valence-electron chi connectivity index (χ1n) is 5.37. The first-order chi connectivity index (χ1) is 9.13. The number of carbonyl (C=O) groups is 1. The number of hydrogen-bond donors (Lipinski definition) is 3. The van der Waals surface area contributed by atoms with E-state index in [4.69, 9.17) is 4.42 Å². The van der Waals surface area contributed by atoms with Gasteiger partial charge < -0.3 is 9.73 Å². The smallest absolute Gasteiger partial charge is 0.327 e. The van der Waals surface area contributed by atoms with Crippen LogP contribution in [-0.4, -0.2) is 21.6 Å².